The van der Waals surface area contributed by atoms with E-state index in [1.807, 2.05) is 50.4 Å². The van der Waals surface area contributed by atoms with Gasteiger partial charge in [0.2, 0.25) is 0 Å². The first-order valence-corrected chi connectivity index (χ1v) is 7.86. The molecule has 0 bridgehead atoms. The summed E-state index contributed by atoms with van der Waals surface area (Å²) in [6, 6.07) is 1.76. The summed E-state index contributed by atoms with van der Waals surface area (Å²) in [6.45, 7) is 9.33. The molecule has 1 amide bonds. The number of hydrogen-bond acceptors (Lipinski definition) is 4. The molecule has 1 aliphatic rings. The van der Waals surface area contributed by atoms with Gasteiger partial charge < -0.3 is 14.1 Å². The fourth-order valence-corrected chi connectivity index (χ4v) is 3.34. The van der Waals surface area contributed by atoms with Crippen LogP contribution in [0.1, 0.15) is 44.9 Å². The molecule has 0 N–H and O–H groups in total. The quantitative estimate of drug-likeness (QED) is 0.853. The first-order chi connectivity index (χ1) is 10.9. The summed E-state index contributed by atoms with van der Waals surface area (Å²) < 4.78 is 13.1. The SMILES string of the molecule is Cc1cc(C)c(C(=O)N2CCOCC2c2c(C)nn(C)c2C)o1. The molecule has 0 aromatic carbocycles. The van der Waals surface area contributed by atoms with E-state index in [0.29, 0.717) is 25.5 Å². The van der Waals surface area contributed by atoms with Crippen molar-refractivity contribution < 1.29 is 13.9 Å². The summed E-state index contributed by atoms with van der Waals surface area (Å²) in [7, 11) is 1.92. The number of furan rings is 1. The molecule has 2 aromatic heterocycles. The minimum absolute atomic E-state index is 0.0773. The van der Waals surface area contributed by atoms with Gasteiger partial charge in [0, 0.05) is 30.4 Å². The lowest BCUT2D eigenvalue weighted by atomic mass is 10.0. The number of hydrogen-bond donors (Lipinski definition) is 0. The van der Waals surface area contributed by atoms with E-state index in [-0.39, 0.29) is 11.9 Å². The highest BCUT2D eigenvalue weighted by Crippen LogP contribution is 2.31. The molecular weight excluding hydrogens is 294 g/mol. The maximum Gasteiger partial charge on any atom is 0.290 e. The van der Waals surface area contributed by atoms with Gasteiger partial charge in [-0.15, -0.1) is 0 Å². The second kappa shape index (κ2) is 5.85. The maximum absolute atomic E-state index is 13.0. The van der Waals surface area contributed by atoms with Crippen molar-refractivity contribution in [1.29, 1.82) is 0 Å². The highest BCUT2D eigenvalue weighted by molar-refractivity contribution is 5.93. The van der Waals surface area contributed by atoms with Crippen molar-refractivity contribution in [2.45, 2.75) is 33.7 Å². The predicted octanol–water partition coefficient (Wildman–Crippen LogP) is 2.46. The van der Waals surface area contributed by atoms with Crippen LogP contribution in [-0.4, -0.2) is 40.3 Å². The molecule has 3 heterocycles. The van der Waals surface area contributed by atoms with E-state index < -0.39 is 0 Å². The number of rotatable bonds is 2. The maximum atomic E-state index is 13.0. The van der Waals surface area contributed by atoms with Crippen LogP contribution in [0.3, 0.4) is 0 Å². The molecule has 6 heteroatoms. The van der Waals surface area contributed by atoms with Crippen molar-refractivity contribution in [1.82, 2.24) is 14.7 Å². The third kappa shape index (κ3) is 2.67. The lowest BCUT2D eigenvalue weighted by molar-refractivity contribution is -0.00471. The number of morpholine rings is 1. The van der Waals surface area contributed by atoms with E-state index in [4.69, 9.17) is 9.15 Å². The molecular formula is C17H23N3O3. The zero-order valence-corrected chi connectivity index (χ0v) is 14.3. The van der Waals surface area contributed by atoms with Crippen LogP contribution < -0.4 is 0 Å². The molecule has 1 saturated heterocycles. The van der Waals surface area contributed by atoms with Crippen LogP contribution in [0.25, 0.3) is 0 Å². The molecule has 1 atom stereocenters. The molecule has 0 spiro atoms. The summed E-state index contributed by atoms with van der Waals surface area (Å²) in [5.41, 5.74) is 3.94. The number of nitrogens with zero attached hydrogens (tertiary/aromatic N) is 3. The number of aromatic nitrogens is 2. The van der Waals surface area contributed by atoms with Gasteiger partial charge in [-0.1, -0.05) is 0 Å². The minimum Gasteiger partial charge on any atom is -0.456 e. The number of amides is 1. The van der Waals surface area contributed by atoms with E-state index in [0.717, 1.165) is 28.3 Å². The fourth-order valence-electron chi connectivity index (χ4n) is 3.34. The van der Waals surface area contributed by atoms with Crippen LogP contribution in [0.15, 0.2) is 10.5 Å². The Hall–Kier alpha value is -2.08. The Balaban J connectivity index is 1.99. The summed E-state index contributed by atoms with van der Waals surface area (Å²) in [4.78, 5) is 14.8. The predicted molar refractivity (Wildman–Crippen MR) is 85.5 cm³/mol. The van der Waals surface area contributed by atoms with Crippen LogP contribution in [-0.2, 0) is 11.8 Å². The van der Waals surface area contributed by atoms with E-state index in [1.54, 1.807) is 0 Å². The van der Waals surface area contributed by atoms with Crippen LogP contribution in [0.2, 0.25) is 0 Å². The van der Waals surface area contributed by atoms with E-state index in [1.165, 1.54) is 0 Å². The monoisotopic (exact) mass is 317 g/mol. The third-order valence-electron chi connectivity index (χ3n) is 4.52. The number of aryl methyl sites for hydroxylation is 4. The Kier molecular flexibility index (Phi) is 4.02. The summed E-state index contributed by atoms with van der Waals surface area (Å²) in [5, 5.41) is 4.47. The molecule has 3 rings (SSSR count). The zero-order valence-electron chi connectivity index (χ0n) is 14.3. The van der Waals surface area contributed by atoms with Crippen molar-refractivity contribution >= 4 is 5.91 Å². The van der Waals surface area contributed by atoms with E-state index >= 15 is 0 Å². The van der Waals surface area contributed by atoms with Gasteiger partial charge in [0.15, 0.2) is 5.76 Å². The normalized spacial score (nSPS) is 18.5. The van der Waals surface area contributed by atoms with E-state index in [9.17, 15) is 4.79 Å². The van der Waals surface area contributed by atoms with Crippen LogP contribution in [0.5, 0.6) is 0 Å². The third-order valence-corrected chi connectivity index (χ3v) is 4.52. The zero-order chi connectivity index (χ0) is 16.7. The molecule has 1 unspecified atom stereocenters. The lowest BCUT2D eigenvalue weighted by Crippen LogP contribution is -2.43. The topological polar surface area (TPSA) is 60.5 Å². The number of carbonyl (C=O) groups excluding carboxylic acids is 1. The molecule has 0 aliphatic carbocycles. The Labute approximate surface area is 136 Å². The van der Waals surface area contributed by atoms with Gasteiger partial charge in [0.25, 0.3) is 5.91 Å². The van der Waals surface area contributed by atoms with Gasteiger partial charge in [-0.3, -0.25) is 9.48 Å². The number of ether oxygens (including phenoxy) is 1. The molecule has 23 heavy (non-hydrogen) atoms. The Bertz CT molecular complexity index is 745. The second-order valence-corrected chi connectivity index (χ2v) is 6.17. The standard InChI is InChI=1S/C17H23N3O3/c1-10-8-11(2)23-16(10)17(21)20-6-7-22-9-14(20)15-12(3)18-19(5)13(15)4/h8,14H,6-7,9H2,1-5H3. The lowest BCUT2D eigenvalue weighted by Gasteiger charge is -2.35. The average Bonchev–Trinajstić information content (AvgIpc) is 2.97. The minimum atomic E-state index is -0.130. The highest BCUT2D eigenvalue weighted by Gasteiger charge is 2.34. The average molecular weight is 317 g/mol. The Morgan fingerprint density at radius 3 is 2.61 bits per heavy atom. The molecule has 124 valence electrons. The largest absolute Gasteiger partial charge is 0.456 e. The first kappa shape index (κ1) is 15.8. The fraction of sp³-hybridized carbons (Fsp3) is 0.529. The molecule has 1 fully saturated rings. The van der Waals surface area contributed by atoms with Crippen molar-refractivity contribution in [3.05, 3.63) is 40.1 Å². The second-order valence-electron chi connectivity index (χ2n) is 6.17. The van der Waals surface area contributed by atoms with Crippen molar-refractivity contribution in [3.63, 3.8) is 0 Å². The smallest absolute Gasteiger partial charge is 0.290 e. The van der Waals surface area contributed by atoms with Crippen LogP contribution >= 0.6 is 0 Å². The molecule has 1 aliphatic heterocycles. The molecule has 0 radical (unpaired) electrons. The molecule has 2 aromatic rings. The van der Waals surface area contributed by atoms with Gasteiger partial charge in [0.05, 0.1) is 24.9 Å². The highest BCUT2D eigenvalue weighted by atomic mass is 16.5. The van der Waals surface area contributed by atoms with Crippen molar-refractivity contribution in [2.24, 2.45) is 7.05 Å². The van der Waals surface area contributed by atoms with E-state index in [2.05, 4.69) is 5.10 Å². The first-order valence-electron chi connectivity index (χ1n) is 7.86. The van der Waals surface area contributed by atoms with Crippen molar-refractivity contribution in [2.75, 3.05) is 19.8 Å². The summed E-state index contributed by atoms with van der Waals surface area (Å²) in [5.74, 6) is 1.10. The van der Waals surface area contributed by atoms with Gasteiger partial charge in [-0.25, -0.2) is 0 Å². The summed E-state index contributed by atoms with van der Waals surface area (Å²) in [6.07, 6.45) is 0. The van der Waals surface area contributed by atoms with Gasteiger partial charge in [-0.05, 0) is 33.8 Å². The van der Waals surface area contributed by atoms with Crippen LogP contribution in [0.4, 0.5) is 0 Å². The van der Waals surface area contributed by atoms with Crippen molar-refractivity contribution in [3.8, 4) is 0 Å². The van der Waals surface area contributed by atoms with Gasteiger partial charge >= 0.3 is 0 Å². The van der Waals surface area contributed by atoms with Gasteiger partial charge in [-0.2, -0.15) is 5.10 Å². The Morgan fingerprint density at radius 1 is 1.30 bits per heavy atom. The molecule has 0 saturated carbocycles. The number of carbonyl (C=O) groups is 1. The Morgan fingerprint density at radius 2 is 2.04 bits per heavy atom. The summed E-state index contributed by atoms with van der Waals surface area (Å²) >= 11 is 0. The van der Waals surface area contributed by atoms with Gasteiger partial charge in [0.1, 0.15) is 5.76 Å². The molecule has 6 nitrogen and oxygen atoms in total. The van der Waals surface area contributed by atoms with Crippen LogP contribution in [0, 0.1) is 27.7 Å².